The van der Waals surface area contributed by atoms with Crippen molar-refractivity contribution in [2.75, 3.05) is 6.54 Å². The van der Waals surface area contributed by atoms with Crippen LogP contribution in [0, 0.1) is 17.1 Å². The van der Waals surface area contributed by atoms with E-state index in [1.807, 2.05) is 13.0 Å². The van der Waals surface area contributed by atoms with Gasteiger partial charge in [-0.15, -0.1) is 0 Å². The Kier molecular flexibility index (Phi) is 4.76. The van der Waals surface area contributed by atoms with Gasteiger partial charge in [0.25, 0.3) is 5.91 Å². The molecule has 21 heavy (non-hydrogen) atoms. The summed E-state index contributed by atoms with van der Waals surface area (Å²) in [4.78, 5) is 13.9. The number of carbonyl (C=O) groups excluding carboxylic acids is 1. The maximum absolute atomic E-state index is 13.9. The number of hydrogen-bond donors (Lipinski definition) is 0. The summed E-state index contributed by atoms with van der Waals surface area (Å²) in [6.45, 7) is 2.37. The van der Waals surface area contributed by atoms with E-state index < -0.39 is 5.82 Å². The lowest BCUT2D eigenvalue weighted by Crippen LogP contribution is -2.30. The number of hydrogen-bond acceptors (Lipinski definition) is 3. The van der Waals surface area contributed by atoms with Crippen LogP contribution in [0.15, 0.2) is 39.6 Å². The van der Waals surface area contributed by atoms with Crippen molar-refractivity contribution < 1.29 is 13.6 Å². The SMILES string of the molecule is CCN(Cc1ccc(C#N)cc1F)C(=O)c1ccoc1Br. The lowest BCUT2D eigenvalue weighted by atomic mass is 10.1. The molecule has 1 heterocycles. The fraction of sp³-hybridized carbons (Fsp3) is 0.200. The van der Waals surface area contributed by atoms with Gasteiger partial charge in [-0.25, -0.2) is 4.39 Å². The highest BCUT2D eigenvalue weighted by molar-refractivity contribution is 9.10. The van der Waals surface area contributed by atoms with Gasteiger partial charge in [-0.3, -0.25) is 4.79 Å². The van der Waals surface area contributed by atoms with Crippen molar-refractivity contribution in [1.29, 1.82) is 5.26 Å². The molecule has 0 saturated carbocycles. The number of rotatable bonds is 4. The van der Waals surface area contributed by atoms with Crippen LogP contribution in [0.25, 0.3) is 0 Å². The number of nitriles is 1. The van der Waals surface area contributed by atoms with Crippen LogP contribution in [-0.4, -0.2) is 17.4 Å². The number of nitrogens with zero attached hydrogens (tertiary/aromatic N) is 2. The molecular formula is C15H12BrFN2O2. The van der Waals surface area contributed by atoms with E-state index >= 15 is 0 Å². The van der Waals surface area contributed by atoms with Gasteiger partial charge in [0.2, 0.25) is 0 Å². The average molecular weight is 351 g/mol. The quantitative estimate of drug-likeness (QED) is 0.844. The molecule has 2 rings (SSSR count). The molecule has 0 bridgehead atoms. The molecule has 2 aromatic rings. The molecule has 1 amide bonds. The molecule has 1 aromatic carbocycles. The van der Waals surface area contributed by atoms with Gasteiger partial charge in [0.05, 0.1) is 23.5 Å². The first-order valence-electron chi connectivity index (χ1n) is 6.27. The zero-order chi connectivity index (χ0) is 15.4. The molecule has 0 N–H and O–H groups in total. The van der Waals surface area contributed by atoms with Gasteiger partial charge in [0.1, 0.15) is 5.82 Å². The van der Waals surface area contributed by atoms with E-state index in [4.69, 9.17) is 9.68 Å². The second-order valence-corrected chi connectivity index (χ2v) is 5.07. The van der Waals surface area contributed by atoms with Crippen molar-refractivity contribution in [3.8, 4) is 6.07 Å². The van der Waals surface area contributed by atoms with Gasteiger partial charge < -0.3 is 9.32 Å². The summed E-state index contributed by atoms with van der Waals surface area (Å²) in [6.07, 6.45) is 1.41. The highest BCUT2D eigenvalue weighted by Crippen LogP contribution is 2.21. The largest absolute Gasteiger partial charge is 0.457 e. The topological polar surface area (TPSA) is 57.2 Å². The minimum atomic E-state index is -0.494. The highest BCUT2D eigenvalue weighted by atomic mass is 79.9. The van der Waals surface area contributed by atoms with Crippen molar-refractivity contribution in [1.82, 2.24) is 4.90 Å². The summed E-state index contributed by atoms with van der Waals surface area (Å²) < 4.78 is 19.3. The lowest BCUT2D eigenvalue weighted by molar-refractivity contribution is 0.0749. The minimum Gasteiger partial charge on any atom is -0.457 e. The summed E-state index contributed by atoms with van der Waals surface area (Å²) in [5.74, 6) is -0.742. The maximum Gasteiger partial charge on any atom is 0.258 e. The molecule has 0 radical (unpaired) electrons. The van der Waals surface area contributed by atoms with Crippen molar-refractivity contribution in [3.63, 3.8) is 0 Å². The van der Waals surface area contributed by atoms with Gasteiger partial charge in [-0.05, 0) is 41.1 Å². The fourth-order valence-electron chi connectivity index (χ4n) is 1.89. The third-order valence-corrected chi connectivity index (χ3v) is 3.67. The van der Waals surface area contributed by atoms with Crippen LogP contribution in [0.4, 0.5) is 4.39 Å². The van der Waals surface area contributed by atoms with Crippen LogP contribution in [0.1, 0.15) is 28.4 Å². The van der Waals surface area contributed by atoms with Crippen LogP contribution >= 0.6 is 15.9 Å². The smallest absolute Gasteiger partial charge is 0.258 e. The Morgan fingerprint density at radius 2 is 2.24 bits per heavy atom. The van der Waals surface area contributed by atoms with Gasteiger partial charge >= 0.3 is 0 Å². The Labute approximate surface area is 129 Å². The summed E-state index contributed by atoms with van der Waals surface area (Å²) in [5, 5.41) is 8.73. The predicted octanol–water partition coefficient (Wildman–Crippen LogP) is 3.72. The van der Waals surface area contributed by atoms with Crippen LogP contribution in [0.3, 0.4) is 0 Å². The monoisotopic (exact) mass is 350 g/mol. The summed E-state index contributed by atoms with van der Waals surface area (Å²) in [7, 11) is 0. The van der Waals surface area contributed by atoms with E-state index in [0.717, 1.165) is 0 Å². The van der Waals surface area contributed by atoms with Gasteiger partial charge in [-0.2, -0.15) is 5.26 Å². The predicted molar refractivity (Wildman–Crippen MR) is 77.9 cm³/mol. The van der Waals surface area contributed by atoms with Gasteiger partial charge in [0, 0.05) is 18.7 Å². The van der Waals surface area contributed by atoms with Crippen molar-refractivity contribution >= 4 is 21.8 Å². The second kappa shape index (κ2) is 6.55. The molecule has 0 saturated heterocycles. The number of halogens is 2. The average Bonchev–Trinajstić information content (AvgIpc) is 2.91. The second-order valence-electron chi connectivity index (χ2n) is 4.35. The molecule has 0 aliphatic rings. The summed E-state index contributed by atoms with van der Waals surface area (Å²) in [5.41, 5.74) is 1.01. The third-order valence-electron chi connectivity index (χ3n) is 3.06. The molecular weight excluding hydrogens is 339 g/mol. The molecule has 6 heteroatoms. The highest BCUT2D eigenvalue weighted by Gasteiger charge is 2.20. The Bertz CT molecular complexity index is 706. The number of carbonyl (C=O) groups is 1. The van der Waals surface area contributed by atoms with Crippen LogP contribution < -0.4 is 0 Å². The molecule has 0 fully saturated rings. The molecule has 4 nitrogen and oxygen atoms in total. The Morgan fingerprint density at radius 1 is 1.48 bits per heavy atom. The van der Waals surface area contributed by atoms with Crippen LogP contribution in [-0.2, 0) is 6.54 Å². The molecule has 0 unspecified atom stereocenters. The zero-order valence-electron chi connectivity index (χ0n) is 11.3. The molecule has 0 aliphatic heterocycles. The van der Waals surface area contributed by atoms with E-state index in [9.17, 15) is 9.18 Å². The molecule has 0 atom stereocenters. The first-order valence-corrected chi connectivity index (χ1v) is 7.07. The Balaban J connectivity index is 2.22. The number of amides is 1. The molecule has 1 aromatic heterocycles. The van der Waals surface area contributed by atoms with E-state index in [-0.39, 0.29) is 18.0 Å². The van der Waals surface area contributed by atoms with E-state index in [1.165, 1.54) is 29.4 Å². The van der Waals surface area contributed by atoms with Gasteiger partial charge in [-0.1, -0.05) is 6.07 Å². The maximum atomic E-state index is 13.9. The molecule has 108 valence electrons. The number of benzene rings is 1. The van der Waals surface area contributed by atoms with Gasteiger partial charge in [0.15, 0.2) is 4.67 Å². The standard InChI is InChI=1S/C15H12BrFN2O2/c1-2-19(15(20)12-5-6-21-14(12)16)9-11-4-3-10(8-18)7-13(11)17/h3-7H,2,9H2,1H3. The first-order chi connectivity index (χ1) is 10.1. The van der Waals surface area contributed by atoms with Crippen molar-refractivity contribution in [3.05, 3.63) is 57.7 Å². The zero-order valence-corrected chi connectivity index (χ0v) is 12.9. The van der Waals surface area contributed by atoms with Crippen LogP contribution in [0.2, 0.25) is 0 Å². The lowest BCUT2D eigenvalue weighted by Gasteiger charge is -2.20. The normalized spacial score (nSPS) is 10.2. The van der Waals surface area contributed by atoms with Crippen molar-refractivity contribution in [2.24, 2.45) is 0 Å². The Morgan fingerprint density at radius 3 is 2.76 bits per heavy atom. The molecule has 0 spiro atoms. The minimum absolute atomic E-state index is 0.129. The summed E-state index contributed by atoms with van der Waals surface area (Å²) in [6, 6.07) is 7.66. The Hall–Kier alpha value is -2.13. The number of furan rings is 1. The fourth-order valence-corrected chi connectivity index (χ4v) is 2.30. The first kappa shape index (κ1) is 15.3. The van der Waals surface area contributed by atoms with E-state index in [0.29, 0.717) is 22.3 Å². The summed E-state index contributed by atoms with van der Waals surface area (Å²) >= 11 is 3.16. The van der Waals surface area contributed by atoms with E-state index in [2.05, 4.69) is 15.9 Å². The third kappa shape index (κ3) is 3.31. The van der Waals surface area contributed by atoms with E-state index in [1.54, 1.807) is 6.07 Å². The molecule has 0 aliphatic carbocycles. The van der Waals surface area contributed by atoms with Crippen molar-refractivity contribution in [2.45, 2.75) is 13.5 Å². The van der Waals surface area contributed by atoms with Crippen LogP contribution in [0.5, 0.6) is 0 Å².